The fraction of sp³-hybridized carbons (Fsp3) is 0.417. The van der Waals surface area contributed by atoms with Crippen LogP contribution in [0.4, 0.5) is 0 Å². The Kier molecular flexibility index (Phi) is 5.69. The third-order valence-corrected chi connectivity index (χ3v) is 2.33. The molecule has 0 bridgehead atoms. The Morgan fingerprint density at radius 2 is 2.31 bits per heavy atom. The average Bonchev–Trinajstić information content (AvgIpc) is 2.28. The van der Waals surface area contributed by atoms with Gasteiger partial charge >= 0.3 is 0 Å². The van der Waals surface area contributed by atoms with Gasteiger partial charge in [-0.25, -0.2) is 0 Å². The predicted octanol–water partition coefficient (Wildman–Crippen LogP) is 2.74. The van der Waals surface area contributed by atoms with E-state index in [-0.39, 0.29) is 0 Å². The second kappa shape index (κ2) is 7.10. The van der Waals surface area contributed by atoms with Gasteiger partial charge in [-0.05, 0) is 24.6 Å². The zero-order valence-electron chi connectivity index (χ0n) is 9.29. The van der Waals surface area contributed by atoms with E-state index in [1.165, 1.54) is 0 Å². The fourth-order valence-electron chi connectivity index (χ4n) is 1.30. The number of nitrogens with zero attached hydrogens (tertiary/aromatic N) is 1. The monoisotopic (exact) mass is 238 g/mol. The van der Waals surface area contributed by atoms with E-state index in [0.717, 1.165) is 5.56 Å². The molecule has 1 N–H and O–H groups in total. The zero-order chi connectivity index (χ0) is 11.8. The van der Waals surface area contributed by atoms with Gasteiger partial charge in [0.1, 0.15) is 5.75 Å². The second-order valence-electron chi connectivity index (χ2n) is 3.28. The Hall–Kier alpha value is -1.24. The van der Waals surface area contributed by atoms with Gasteiger partial charge in [0.25, 0.3) is 0 Å². The van der Waals surface area contributed by atoms with E-state index in [9.17, 15) is 0 Å². The maximum atomic E-state index is 8.38. The molecule has 0 saturated heterocycles. The number of hydrogen-bond donors (Lipinski definition) is 1. The topological polar surface area (TPSA) is 45.0 Å². The molecule has 3 nitrogen and oxygen atoms in total. The number of benzene rings is 1. The summed E-state index contributed by atoms with van der Waals surface area (Å²) in [7, 11) is 0. The van der Waals surface area contributed by atoms with Crippen LogP contribution in [0.1, 0.15) is 18.9 Å². The minimum atomic E-state index is 0.519. The van der Waals surface area contributed by atoms with Crippen molar-refractivity contribution in [2.24, 2.45) is 0 Å². The van der Waals surface area contributed by atoms with E-state index in [2.05, 4.69) is 11.4 Å². The van der Waals surface area contributed by atoms with Gasteiger partial charge in [0.05, 0.1) is 17.7 Å². The first kappa shape index (κ1) is 12.8. The number of nitriles is 1. The van der Waals surface area contributed by atoms with Crippen LogP contribution in [0.5, 0.6) is 5.75 Å². The summed E-state index contributed by atoms with van der Waals surface area (Å²) in [6.45, 7) is 3.95. The van der Waals surface area contributed by atoms with Gasteiger partial charge in [-0.3, -0.25) is 0 Å². The molecule has 0 aliphatic heterocycles. The second-order valence-corrected chi connectivity index (χ2v) is 3.69. The van der Waals surface area contributed by atoms with Crippen molar-refractivity contribution in [3.63, 3.8) is 0 Å². The molecule has 1 aromatic carbocycles. The SMILES string of the molecule is CCOc1ccc(CNCCC#N)cc1Cl. The molecule has 0 atom stereocenters. The van der Waals surface area contributed by atoms with Crippen LogP contribution in [-0.2, 0) is 6.54 Å². The third-order valence-electron chi connectivity index (χ3n) is 2.04. The van der Waals surface area contributed by atoms with Gasteiger partial charge in [0.2, 0.25) is 0 Å². The Bertz CT molecular complexity index is 374. The van der Waals surface area contributed by atoms with E-state index in [1.54, 1.807) is 0 Å². The highest BCUT2D eigenvalue weighted by molar-refractivity contribution is 6.32. The summed E-state index contributed by atoms with van der Waals surface area (Å²) in [5.41, 5.74) is 1.09. The molecule has 0 amide bonds. The molecule has 0 saturated carbocycles. The maximum absolute atomic E-state index is 8.38. The Morgan fingerprint density at radius 1 is 1.50 bits per heavy atom. The van der Waals surface area contributed by atoms with E-state index < -0.39 is 0 Å². The molecule has 0 unspecified atom stereocenters. The van der Waals surface area contributed by atoms with Crippen LogP contribution >= 0.6 is 11.6 Å². The molecule has 16 heavy (non-hydrogen) atoms. The highest BCUT2D eigenvalue weighted by atomic mass is 35.5. The van der Waals surface area contributed by atoms with Crippen LogP contribution in [-0.4, -0.2) is 13.2 Å². The van der Waals surface area contributed by atoms with Gasteiger partial charge in [-0.2, -0.15) is 5.26 Å². The number of rotatable bonds is 6. The summed E-state index contributed by atoms with van der Waals surface area (Å²) >= 11 is 6.04. The average molecular weight is 239 g/mol. The zero-order valence-corrected chi connectivity index (χ0v) is 10.0. The van der Waals surface area contributed by atoms with Crippen molar-refractivity contribution in [1.29, 1.82) is 5.26 Å². The van der Waals surface area contributed by atoms with Crippen LogP contribution in [0, 0.1) is 11.3 Å². The summed E-state index contributed by atoms with van der Waals surface area (Å²) in [5.74, 6) is 0.713. The molecule has 0 heterocycles. The van der Waals surface area contributed by atoms with Crippen molar-refractivity contribution < 1.29 is 4.74 Å². The number of ether oxygens (including phenoxy) is 1. The van der Waals surface area contributed by atoms with E-state index in [1.807, 2.05) is 25.1 Å². The highest BCUT2D eigenvalue weighted by Crippen LogP contribution is 2.25. The molecule has 0 radical (unpaired) electrons. The first-order valence-corrected chi connectivity index (χ1v) is 5.64. The predicted molar refractivity (Wildman–Crippen MR) is 64.6 cm³/mol. The number of halogens is 1. The lowest BCUT2D eigenvalue weighted by molar-refractivity contribution is 0.340. The van der Waals surface area contributed by atoms with Crippen molar-refractivity contribution in [3.8, 4) is 11.8 Å². The van der Waals surface area contributed by atoms with E-state index in [4.69, 9.17) is 21.6 Å². The van der Waals surface area contributed by atoms with Gasteiger partial charge in [0.15, 0.2) is 0 Å². The summed E-state index contributed by atoms with van der Waals surface area (Å²) in [5, 5.41) is 12.2. The summed E-state index contributed by atoms with van der Waals surface area (Å²) in [6, 6.07) is 7.80. The van der Waals surface area contributed by atoms with Crippen molar-refractivity contribution in [1.82, 2.24) is 5.32 Å². The standard InChI is InChI=1S/C12H15ClN2O/c1-2-16-12-5-4-10(8-11(12)13)9-15-7-3-6-14/h4-5,8,15H,2-3,7,9H2,1H3. The third kappa shape index (κ3) is 4.09. The summed E-state index contributed by atoms with van der Waals surface area (Å²) in [4.78, 5) is 0. The Labute approximate surface area is 101 Å². The number of hydrogen-bond acceptors (Lipinski definition) is 3. The normalized spacial score (nSPS) is 9.81. The summed E-state index contributed by atoms with van der Waals surface area (Å²) in [6.07, 6.45) is 0.519. The smallest absolute Gasteiger partial charge is 0.137 e. The van der Waals surface area contributed by atoms with Crippen LogP contribution < -0.4 is 10.1 Å². The molecule has 86 valence electrons. The van der Waals surface area contributed by atoms with Crippen LogP contribution in [0.15, 0.2) is 18.2 Å². The largest absolute Gasteiger partial charge is 0.492 e. The summed E-state index contributed by atoms with van der Waals surface area (Å²) < 4.78 is 5.34. The lowest BCUT2D eigenvalue weighted by Crippen LogP contribution is -2.14. The van der Waals surface area contributed by atoms with Crippen LogP contribution in [0.3, 0.4) is 0 Å². The Balaban J connectivity index is 2.50. The minimum absolute atomic E-state index is 0.519. The van der Waals surface area contributed by atoms with Gasteiger partial charge in [-0.15, -0.1) is 0 Å². The molecule has 0 spiro atoms. The van der Waals surface area contributed by atoms with E-state index >= 15 is 0 Å². The van der Waals surface area contributed by atoms with Crippen molar-refractivity contribution in [2.75, 3.05) is 13.2 Å². The van der Waals surface area contributed by atoms with Gasteiger partial charge in [-0.1, -0.05) is 17.7 Å². The first-order chi connectivity index (χ1) is 7.77. The lowest BCUT2D eigenvalue weighted by Gasteiger charge is -2.08. The molecule has 4 heteroatoms. The molecule has 0 fully saturated rings. The fourth-order valence-corrected chi connectivity index (χ4v) is 1.56. The molecule has 0 aromatic heterocycles. The van der Waals surface area contributed by atoms with Crippen LogP contribution in [0.25, 0.3) is 0 Å². The van der Waals surface area contributed by atoms with Crippen molar-refractivity contribution >= 4 is 11.6 Å². The maximum Gasteiger partial charge on any atom is 0.137 e. The van der Waals surface area contributed by atoms with E-state index in [0.29, 0.717) is 36.9 Å². The quantitative estimate of drug-likeness (QED) is 0.776. The number of nitrogens with one attached hydrogen (secondary N) is 1. The molecule has 1 aromatic rings. The minimum Gasteiger partial charge on any atom is -0.492 e. The molecule has 0 aliphatic carbocycles. The molecule has 1 rings (SSSR count). The molecule has 0 aliphatic rings. The van der Waals surface area contributed by atoms with Gasteiger partial charge in [0, 0.05) is 19.5 Å². The highest BCUT2D eigenvalue weighted by Gasteiger charge is 2.01. The van der Waals surface area contributed by atoms with Gasteiger partial charge < -0.3 is 10.1 Å². The first-order valence-electron chi connectivity index (χ1n) is 5.26. The van der Waals surface area contributed by atoms with Crippen LogP contribution in [0.2, 0.25) is 5.02 Å². The van der Waals surface area contributed by atoms with Crippen molar-refractivity contribution in [3.05, 3.63) is 28.8 Å². The van der Waals surface area contributed by atoms with Crippen molar-refractivity contribution in [2.45, 2.75) is 19.9 Å². The Morgan fingerprint density at radius 3 is 2.94 bits per heavy atom. The molecular formula is C12H15ClN2O. The molecular weight excluding hydrogens is 224 g/mol. The lowest BCUT2D eigenvalue weighted by atomic mass is 10.2.